The first-order valence-electron chi connectivity index (χ1n) is 10.2. The number of benzene rings is 3. The lowest BCUT2D eigenvalue weighted by molar-refractivity contribution is -0.122. The van der Waals surface area contributed by atoms with Crippen LogP contribution in [-0.2, 0) is 4.79 Å². The Hall–Kier alpha value is -4.20. The Balaban J connectivity index is 1.76. The Morgan fingerprint density at radius 3 is 1.94 bits per heavy atom. The maximum Gasteiger partial charge on any atom is 0.265 e. The van der Waals surface area contributed by atoms with Gasteiger partial charge in [-0.25, -0.2) is 0 Å². The van der Waals surface area contributed by atoms with Crippen LogP contribution in [0.25, 0.3) is 0 Å². The number of anilines is 2. The van der Waals surface area contributed by atoms with Gasteiger partial charge in [-0.1, -0.05) is 24.3 Å². The molecule has 2 N–H and O–H groups in total. The molecule has 2 amide bonds. The third-order valence-electron chi connectivity index (χ3n) is 4.79. The molecule has 0 aliphatic rings. The van der Waals surface area contributed by atoms with Gasteiger partial charge in [0, 0.05) is 23.8 Å². The van der Waals surface area contributed by atoms with Gasteiger partial charge in [0.15, 0.2) is 6.10 Å². The Labute approximate surface area is 192 Å². The number of ether oxygens (including phenoxy) is 4. The average Bonchev–Trinajstić information content (AvgIpc) is 2.85. The van der Waals surface area contributed by atoms with Crippen LogP contribution in [0.15, 0.2) is 66.7 Å². The van der Waals surface area contributed by atoms with E-state index in [0.29, 0.717) is 39.9 Å². The Morgan fingerprint density at radius 1 is 0.727 bits per heavy atom. The summed E-state index contributed by atoms with van der Waals surface area (Å²) < 4.78 is 21.7. The number of hydrogen-bond donors (Lipinski definition) is 2. The van der Waals surface area contributed by atoms with Crippen molar-refractivity contribution in [3.63, 3.8) is 0 Å². The standard InChI is InChI=1S/C25H26N2O6/c1-16(33-19-12-8-11-18(13-19)30-2)24(28)26-20-14-23(32-4)21(15-22(20)31-3)27-25(29)17-9-6-5-7-10-17/h5-16H,1-4H3,(H,26,28)(H,27,29). The molecule has 3 rings (SSSR count). The van der Waals surface area contributed by atoms with E-state index in [2.05, 4.69) is 10.6 Å². The summed E-state index contributed by atoms with van der Waals surface area (Å²) >= 11 is 0. The van der Waals surface area contributed by atoms with Crippen molar-refractivity contribution in [2.24, 2.45) is 0 Å². The van der Waals surface area contributed by atoms with E-state index in [1.54, 1.807) is 74.7 Å². The molecule has 3 aromatic carbocycles. The van der Waals surface area contributed by atoms with Gasteiger partial charge >= 0.3 is 0 Å². The van der Waals surface area contributed by atoms with E-state index in [9.17, 15) is 9.59 Å². The highest BCUT2D eigenvalue weighted by Gasteiger charge is 2.20. The summed E-state index contributed by atoms with van der Waals surface area (Å²) in [5, 5.41) is 5.59. The van der Waals surface area contributed by atoms with E-state index in [4.69, 9.17) is 18.9 Å². The van der Waals surface area contributed by atoms with Crippen molar-refractivity contribution in [1.29, 1.82) is 0 Å². The molecule has 1 atom stereocenters. The van der Waals surface area contributed by atoms with Crippen LogP contribution in [0.3, 0.4) is 0 Å². The molecule has 0 radical (unpaired) electrons. The fourth-order valence-electron chi connectivity index (χ4n) is 3.04. The molecule has 0 aliphatic heterocycles. The summed E-state index contributed by atoms with van der Waals surface area (Å²) in [5.41, 5.74) is 1.28. The van der Waals surface area contributed by atoms with Crippen molar-refractivity contribution in [2.75, 3.05) is 32.0 Å². The zero-order valence-electron chi connectivity index (χ0n) is 18.9. The second-order valence-corrected chi connectivity index (χ2v) is 7.00. The zero-order chi connectivity index (χ0) is 23.8. The largest absolute Gasteiger partial charge is 0.497 e. The minimum Gasteiger partial charge on any atom is -0.497 e. The van der Waals surface area contributed by atoms with Gasteiger partial charge in [-0.05, 0) is 31.2 Å². The lowest BCUT2D eigenvalue weighted by Crippen LogP contribution is -2.30. The van der Waals surface area contributed by atoms with E-state index in [0.717, 1.165) is 0 Å². The van der Waals surface area contributed by atoms with Crippen molar-refractivity contribution >= 4 is 23.2 Å². The fraction of sp³-hybridized carbons (Fsp3) is 0.200. The number of hydrogen-bond acceptors (Lipinski definition) is 6. The van der Waals surface area contributed by atoms with Crippen LogP contribution in [0.1, 0.15) is 17.3 Å². The molecule has 0 spiro atoms. The van der Waals surface area contributed by atoms with Crippen molar-refractivity contribution in [1.82, 2.24) is 0 Å². The maximum absolute atomic E-state index is 12.8. The highest BCUT2D eigenvalue weighted by atomic mass is 16.5. The second kappa shape index (κ2) is 10.9. The summed E-state index contributed by atoms with van der Waals surface area (Å²) in [4.78, 5) is 25.3. The van der Waals surface area contributed by atoms with Crippen LogP contribution in [0.4, 0.5) is 11.4 Å². The van der Waals surface area contributed by atoms with Crippen LogP contribution in [-0.4, -0.2) is 39.2 Å². The van der Waals surface area contributed by atoms with Gasteiger partial charge in [0.2, 0.25) is 0 Å². The van der Waals surface area contributed by atoms with Crippen LogP contribution < -0.4 is 29.6 Å². The summed E-state index contributed by atoms with van der Waals surface area (Å²) in [5.74, 6) is 1.14. The van der Waals surface area contributed by atoms with Crippen molar-refractivity contribution < 1.29 is 28.5 Å². The fourth-order valence-corrected chi connectivity index (χ4v) is 3.04. The first-order chi connectivity index (χ1) is 15.9. The summed E-state index contributed by atoms with van der Waals surface area (Å²) in [6, 6.07) is 18.9. The molecule has 8 nitrogen and oxygen atoms in total. The normalized spacial score (nSPS) is 11.2. The molecule has 0 saturated heterocycles. The lowest BCUT2D eigenvalue weighted by atomic mass is 10.2. The third-order valence-corrected chi connectivity index (χ3v) is 4.79. The quantitative estimate of drug-likeness (QED) is 0.503. The van der Waals surface area contributed by atoms with Crippen LogP contribution in [0, 0.1) is 0 Å². The Bertz CT molecular complexity index is 1120. The first-order valence-corrected chi connectivity index (χ1v) is 10.2. The molecular formula is C25H26N2O6. The molecule has 0 aliphatic carbocycles. The third kappa shape index (κ3) is 5.94. The number of carbonyl (C=O) groups excluding carboxylic acids is 2. The van der Waals surface area contributed by atoms with Crippen LogP contribution >= 0.6 is 0 Å². The van der Waals surface area contributed by atoms with Crippen molar-refractivity contribution in [2.45, 2.75) is 13.0 Å². The molecule has 0 aromatic heterocycles. The minimum absolute atomic E-state index is 0.298. The highest BCUT2D eigenvalue weighted by Crippen LogP contribution is 2.37. The molecule has 0 fully saturated rings. The van der Waals surface area contributed by atoms with Crippen molar-refractivity contribution in [3.05, 3.63) is 72.3 Å². The molecule has 1 unspecified atom stereocenters. The summed E-state index contributed by atoms with van der Waals surface area (Å²) in [7, 11) is 4.50. The van der Waals surface area contributed by atoms with Gasteiger partial charge in [0.1, 0.15) is 23.0 Å². The van der Waals surface area contributed by atoms with Gasteiger partial charge < -0.3 is 29.6 Å². The van der Waals surface area contributed by atoms with Crippen LogP contribution in [0.2, 0.25) is 0 Å². The minimum atomic E-state index is -0.801. The second-order valence-electron chi connectivity index (χ2n) is 7.00. The number of nitrogens with one attached hydrogen (secondary N) is 2. The van der Waals surface area contributed by atoms with E-state index < -0.39 is 6.10 Å². The molecule has 0 saturated carbocycles. The smallest absolute Gasteiger partial charge is 0.265 e. The number of amides is 2. The molecule has 172 valence electrons. The number of methoxy groups -OCH3 is 3. The molecule has 0 bridgehead atoms. The van der Waals surface area contributed by atoms with E-state index in [1.807, 2.05) is 6.07 Å². The monoisotopic (exact) mass is 450 g/mol. The first kappa shape index (κ1) is 23.5. The van der Waals surface area contributed by atoms with Gasteiger partial charge in [0.25, 0.3) is 11.8 Å². The topological polar surface area (TPSA) is 95.1 Å². The zero-order valence-corrected chi connectivity index (χ0v) is 18.9. The average molecular weight is 450 g/mol. The molecule has 3 aromatic rings. The molecule has 8 heteroatoms. The number of carbonyl (C=O) groups is 2. The lowest BCUT2D eigenvalue weighted by Gasteiger charge is -2.18. The Morgan fingerprint density at radius 2 is 1.33 bits per heavy atom. The molecular weight excluding hydrogens is 424 g/mol. The van der Waals surface area contributed by atoms with Crippen molar-refractivity contribution in [3.8, 4) is 23.0 Å². The molecule has 0 heterocycles. The molecule has 33 heavy (non-hydrogen) atoms. The summed E-state index contributed by atoms with van der Waals surface area (Å²) in [6.07, 6.45) is -0.801. The SMILES string of the molecule is COc1cccc(OC(C)C(=O)Nc2cc(OC)c(NC(=O)c3ccccc3)cc2OC)c1. The highest BCUT2D eigenvalue weighted by molar-refractivity contribution is 6.05. The number of rotatable bonds is 9. The van der Waals surface area contributed by atoms with Gasteiger partial charge in [-0.15, -0.1) is 0 Å². The van der Waals surface area contributed by atoms with Crippen LogP contribution in [0.5, 0.6) is 23.0 Å². The van der Waals surface area contributed by atoms with Gasteiger partial charge in [-0.2, -0.15) is 0 Å². The summed E-state index contributed by atoms with van der Waals surface area (Å²) in [6.45, 7) is 1.63. The van der Waals surface area contributed by atoms with E-state index >= 15 is 0 Å². The van der Waals surface area contributed by atoms with Gasteiger partial charge in [-0.3, -0.25) is 9.59 Å². The Kier molecular flexibility index (Phi) is 7.75. The van der Waals surface area contributed by atoms with Gasteiger partial charge in [0.05, 0.1) is 32.7 Å². The van der Waals surface area contributed by atoms with E-state index in [1.165, 1.54) is 14.2 Å². The van der Waals surface area contributed by atoms with E-state index in [-0.39, 0.29) is 11.8 Å². The predicted molar refractivity (Wildman–Crippen MR) is 126 cm³/mol. The maximum atomic E-state index is 12.8. The predicted octanol–water partition coefficient (Wildman–Crippen LogP) is 4.37.